The number of anilines is 2. The average molecular weight is 394 g/mol. The zero-order chi connectivity index (χ0) is 20.6. The summed E-state index contributed by atoms with van der Waals surface area (Å²) in [4.78, 5) is 20.7. The number of nitrogens with zero attached hydrogens (tertiary/aromatic N) is 2. The number of carbonyl (C=O) groups is 1. The van der Waals surface area contributed by atoms with Crippen LogP contribution in [-0.4, -0.2) is 37.2 Å². The van der Waals surface area contributed by atoms with Crippen LogP contribution in [-0.2, 0) is 6.54 Å². The molecular weight excluding hydrogens is 372 g/mol. The summed E-state index contributed by atoms with van der Waals surface area (Å²) in [7, 11) is 4.76. The van der Waals surface area contributed by atoms with Gasteiger partial charge in [-0.2, -0.15) is 0 Å². The molecule has 0 saturated carbocycles. The predicted octanol–water partition coefficient (Wildman–Crippen LogP) is 3.18. The lowest BCUT2D eigenvalue weighted by Gasteiger charge is -2.11. The Hall–Kier alpha value is -3.81. The Morgan fingerprint density at radius 2 is 1.55 bits per heavy atom. The minimum Gasteiger partial charge on any atom is -0.497 e. The van der Waals surface area contributed by atoms with Gasteiger partial charge in [0.25, 0.3) is 5.91 Å². The van der Waals surface area contributed by atoms with E-state index in [0.717, 1.165) is 11.3 Å². The highest BCUT2D eigenvalue weighted by molar-refractivity contribution is 5.93. The standard InChI is InChI=1S/C21H22N4O4/c1-27-16-6-4-14(5-7-16)11-22-20(26)15-12-23-21(24-13-15)25-18-9-8-17(28-2)10-19(18)29-3/h4-10,12-13H,11H2,1-3H3,(H,22,26)(H,23,24,25). The van der Waals surface area contributed by atoms with Crippen LogP contribution in [0.25, 0.3) is 0 Å². The van der Waals surface area contributed by atoms with Crippen molar-refractivity contribution in [2.45, 2.75) is 6.54 Å². The highest BCUT2D eigenvalue weighted by Gasteiger charge is 2.10. The van der Waals surface area contributed by atoms with Gasteiger partial charge >= 0.3 is 0 Å². The molecule has 0 aliphatic rings. The monoisotopic (exact) mass is 394 g/mol. The molecule has 0 bridgehead atoms. The van der Waals surface area contributed by atoms with Crippen molar-refractivity contribution in [1.29, 1.82) is 0 Å². The van der Waals surface area contributed by atoms with Crippen molar-refractivity contribution < 1.29 is 19.0 Å². The van der Waals surface area contributed by atoms with Gasteiger partial charge in [0.15, 0.2) is 0 Å². The molecule has 0 saturated heterocycles. The quantitative estimate of drug-likeness (QED) is 0.606. The molecular formula is C21H22N4O4. The Kier molecular flexibility index (Phi) is 6.47. The van der Waals surface area contributed by atoms with Crippen molar-refractivity contribution in [3.63, 3.8) is 0 Å². The number of nitrogens with one attached hydrogen (secondary N) is 2. The molecule has 0 atom stereocenters. The molecule has 1 aromatic heterocycles. The molecule has 0 fully saturated rings. The third-order valence-electron chi connectivity index (χ3n) is 4.18. The first kappa shape index (κ1) is 19.9. The predicted molar refractivity (Wildman–Crippen MR) is 109 cm³/mol. The van der Waals surface area contributed by atoms with Crippen LogP contribution in [0.5, 0.6) is 17.2 Å². The number of amides is 1. The number of carbonyl (C=O) groups excluding carboxylic acids is 1. The smallest absolute Gasteiger partial charge is 0.254 e. The van der Waals surface area contributed by atoms with Gasteiger partial charge < -0.3 is 24.8 Å². The van der Waals surface area contributed by atoms with Crippen LogP contribution >= 0.6 is 0 Å². The Morgan fingerprint density at radius 1 is 0.897 bits per heavy atom. The van der Waals surface area contributed by atoms with E-state index >= 15 is 0 Å². The van der Waals surface area contributed by atoms with Crippen LogP contribution in [0, 0.1) is 0 Å². The van der Waals surface area contributed by atoms with Gasteiger partial charge in [0, 0.05) is 25.0 Å². The molecule has 3 aromatic rings. The van der Waals surface area contributed by atoms with Crippen molar-refractivity contribution in [3.05, 3.63) is 66.0 Å². The maximum absolute atomic E-state index is 12.3. The van der Waals surface area contributed by atoms with E-state index in [0.29, 0.717) is 35.2 Å². The lowest BCUT2D eigenvalue weighted by atomic mass is 10.2. The van der Waals surface area contributed by atoms with Crippen LogP contribution in [0.15, 0.2) is 54.9 Å². The zero-order valence-electron chi connectivity index (χ0n) is 16.4. The van der Waals surface area contributed by atoms with E-state index in [2.05, 4.69) is 20.6 Å². The number of rotatable bonds is 8. The molecule has 8 heteroatoms. The average Bonchev–Trinajstić information content (AvgIpc) is 2.78. The summed E-state index contributed by atoms with van der Waals surface area (Å²) in [6.07, 6.45) is 2.93. The second kappa shape index (κ2) is 9.41. The molecule has 29 heavy (non-hydrogen) atoms. The highest BCUT2D eigenvalue weighted by atomic mass is 16.5. The van der Waals surface area contributed by atoms with E-state index < -0.39 is 0 Å². The normalized spacial score (nSPS) is 10.2. The molecule has 2 aromatic carbocycles. The molecule has 0 unspecified atom stereocenters. The van der Waals surface area contributed by atoms with Crippen LogP contribution < -0.4 is 24.8 Å². The van der Waals surface area contributed by atoms with Crippen LogP contribution in [0.1, 0.15) is 15.9 Å². The Balaban J connectivity index is 1.61. The van der Waals surface area contributed by atoms with E-state index in [1.807, 2.05) is 24.3 Å². The summed E-state index contributed by atoms with van der Waals surface area (Å²) in [5.41, 5.74) is 2.01. The third kappa shape index (κ3) is 5.13. The number of ether oxygens (including phenoxy) is 3. The molecule has 1 heterocycles. The topological polar surface area (TPSA) is 94.6 Å². The van der Waals surface area contributed by atoms with Gasteiger partial charge in [0.2, 0.25) is 5.95 Å². The Labute approximate surface area is 168 Å². The van der Waals surface area contributed by atoms with E-state index in [1.54, 1.807) is 39.5 Å². The first-order valence-corrected chi connectivity index (χ1v) is 8.85. The summed E-state index contributed by atoms with van der Waals surface area (Å²) in [6, 6.07) is 12.8. The molecule has 0 radical (unpaired) electrons. The lowest BCUT2D eigenvalue weighted by Crippen LogP contribution is -2.23. The number of benzene rings is 2. The molecule has 0 spiro atoms. The molecule has 8 nitrogen and oxygen atoms in total. The fourth-order valence-electron chi connectivity index (χ4n) is 2.56. The van der Waals surface area contributed by atoms with Gasteiger partial charge in [-0.3, -0.25) is 4.79 Å². The van der Waals surface area contributed by atoms with Gasteiger partial charge in [0.1, 0.15) is 17.2 Å². The number of aromatic nitrogens is 2. The number of hydrogen-bond acceptors (Lipinski definition) is 7. The van der Waals surface area contributed by atoms with Gasteiger partial charge in [-0.1, -0.05) is 12.1 Å². The zero-order valence-corrected chi connectivity index (χ0v) is 16.4. The largest absolute Gasteiger partial charge is 0.497 e. The van der Waals surface area contributed by atoms with Gasteiger partial charge in [-0.25, -0.2) is 9.97 Å². The van der Waals surface area contributed by atoms with E-state index in [-0.39, 0.29) is 5.91 Å². The van der Waals surface area contributed by atoms with E-state index in [1.165, 1.54) is 12.4 Å². The summed E-state index contributed by atoms with van der Waals surface area (Å²) >= 11 is 0. The van der Waals surface area contributed by atoms with Gasteiger partial charge in [-0.05, 0) is 29.8 Å². The third-order valence-corrected chi connectivity index (χ3v) is 4.18. The SMILES string of the molecule is COc1ccc(CNC(=O)c2cnc(Nc3ccc(OC)cc3OC)nc2)cc1. The molecule has 0 aliphatic carbocycles. The van der Waals surface area contributed by atoms with Crippen molar-refractivity contribution in [3.8, 4) is 17.2 Å². The summed E-state index contributed by atoms with van der Waals surface area (Å²) in [5.74, 6) is 2.13. The van der Waals surface area contributed by atoms with Crippen molar-refractivity contribution in [2.75, 3.05) is 26.6 Å². The molecule has 3 rings (SSSR count). The fourth-order valence-corrected chi connectivity index (χ4v) is 2.56. The maximum Gasteiger partial charge on any atom is 0.254 e. The Morgan fingerprint density at radius 3 is 2.17 bits per heavy atom. The fraction of sp³-hybridized carbons (Fsp3) is 0.190. The van der Waals surface area contributed by atoms with Crippen LogP contribution in [0.2, 0.25) is 0 Å². The summed E-state index contributed by atoms with van der Waals surface area (Å²) in [5, 5.41) is 5.90. The lowest BCUT2D eigenvalue weighted by molar-refractivity contribution is 0.0950. The molecule has 1 amide bonds. The first-order valence-electron chi connectivity index (χ1n) is 8.85. The van der Waals surface area contributed by atoms with E-state index in [9.17, 15) is 4.79 Å². The minimum atomic E-state index is -0.255. The van der Waals surface area contributed by atoms with Crippen molar-refractivity contribution >= 4 is 17.5 Å². The first-order chi connectivity index (χ1) is 14.1. The van der Waals surface area contributed by atoms with Crippen LogP contribution in [0.3, 0.4) is 0 Å². The van der Waals surface area contributed by atoms with Gasteiger partial charge in [-0.15, -0.1) is 0 Å². The van der Waals surface area contributed by atoms with Gasteiger partial charge in [0.05, 0.1) is 32.6 Å². The molecule has 2 N–H and O–H groups in total. The Bertz CT molecular complexity index is 959. The summed E-state index contributed by atoms with van der Waals surface area (Å²) in [6.45, 7) is 0.395. The van der Waals surface area contributed by atoms with Crippen molar-refractivity contribution in [1.82, 2.24) is 15.3 Å². The molecule has 150 valence electrons. The van der Waals surface area contributed by atoms with E-state index in [4.69, 9.17) is 14.2 Å². The second-order valence-electron chi connectivity index (χ2n) is 6.02. The number of methoxy groups -OCH3 is 3. The minimum absolute atomic E-state index is 0.255. The van der Waals surface area contributed by atoms with Crippen LogP contribution in [0.4, 0.5) is 11.6 Å². The maximum atomic E-state index is 12.3. The second-order valence-corrected chi connectivity index (χ2v) is 6.02. The highest BCUT2D eigenvalue weighted by Crippen LogP contribution is 2.30. The summed E-state index contributed by atoms with van der Waals surface area (Å²) < 4.78 is 15.6. The number of hydrogen-bond donors (Lipinski definition) is 2. The molecule has 0 aliphatic heterocycles. The van der Waals surface area contributed by atoms with Crippen molar-refractivity contribution in [2.24, 2.45) is 0 Å².